The molecule has 0 aromatic rings. The number of ether oxygens (including phenoxy) is 1. The smallest absolute Gasteiger partial charge is 0.246 e. The van der Waals surface area contributed by atoms with E-state index in [1.807, 2.05) is 6.92 Å². The van der Waals surface area contributed by atoms with Crippen molar-refractivity contribution >= 4 is 5.91 Å². The summed E-state index contributed by atoms with van der Waals surface area (Å²) in [6.07, 6.45) is 1.04. The summed E-state index contributed by atoms with van der Waals surface area (Å²) in [5.74, 6) is 0.00780. The monoisotopic (exact) mass is 227 g/mol. The third-order valence-electron chi connectivity index (χ3n) is 3.31. The fraction of sp³-hybridized carbons (Fsp3) is 0.909. The molecule has 2 N–H and O–H groups in total. The van der Waals surface area contributed by atoms with Crippen molar-refractivity contribution in [2.24, 2.45) is 0 Å². The lowest BCUT2D eigenvalue weighted by molar-refractivity contribution is -0.136. The molecule has 1 atom stereocenters. The zero-order valence-corrected chi connectivity index (χ0v) is 10.1. The summed E-state index contributed by atoms with van der Waals surface area (Å²) < 4.78 is 5.58. The molecule has 2 heterocycles. The Kier molecular flexibility index (Phi) is 3.47. The molecular formula is C11H21N3O2. The van der Waals surface area contributed by atoms with Gasteiger partial charge in [-0.25, -0.2) is 0 Å². The van der Waals surface area contributed by atoms with Crippen molar-refractivity contribution in [2.75, 3.05) is 39.8 Å². The standard InChI is InChI=1S/C11H21N3O2/c1-11(7-12-8-11)16-6-10(15)13-9-3-4-14(2)5-9/h9,12H,3-8H2,1-2H3,(H,13,15). The molecular weight excluding hydrogens is 206 g/mol. The highest BCUT2D eigenvalue weighted by molar-refractivity contribution is 5.77. The van der Waals surface area contributed by atoms with Crippen LogP contribution in [-0.2, 0) is 9.53 Å². The first-order valence-electron chi connectivity index (χ1n) is 5.90. The molecule has 0 bridgehead atoms. The summed E-state index contributed by atoms with van der Waals surface area (Å²) in [7, 11) is 2.07. The van der Waals surface area contributed by atoms with E-state index in [4.69, 9.17) is 4.74 Å². The second-order valence-electron chi connectivity index (χ2n) is 5.16. The van der Waals surface area contributed by atoms with Crippen LogP contribution in [0.15, 0.2) is 0 Å². The van der Waals surface area contributed by atoms with Crippen molar-refractivity contribution in [1.82, 2.24) is 15.5 Å². The van der Waals surface area contributed by atoms with Crippen molar-refractivity contribution in [3.05, 3.63) is 0 Å². The number of amides is 1. The van der Waals surface area contributed by atoms with E-state index in [2.05, 4.69) is 22.6 Å². The van der Waals surface area contributed by atoms with Crippen LogP contribution in [0.5, 0.6) is 0 Å². The Balaban J connectivity index is 1.64. The van der Waals surface area contributed by atoms with Gasteiger partial charge < -0.3 is 20.3 Å². The number of likely N-dealkylation sites (N-methyl/N-ethyl adjacent to an activating group) is 1. The minimum atomic E-state index is -0.135. The summed E-state index contributed by atoms with van der Waals surface area (Å²) in [4.78, 5) is 13.8. The third-order valence-corrected chi connectivity index (χ3v) is 3.31. The predicted octanol–water partition coefficient (Wildman–Crippen LogP) is -0.815. The SMILES string of the molecule is CN1CCC(NC(=O)COC2(C)CNC2)C1. The molecule has 1 amide bonds. The number of nitrogens with one attached hydrogen (secondary N) is 2. The lowest BCUT2D eigenvalue weighted by Crippen LogP contribution is -2.59. The topological polar surface area (TPSA) is 53.6 Å². The summed E-state index contributed by atoms with van der Waals surface area (Å²) in [6, 6.07) is 0.299. The molecule has 16 heavy (non-hydrogen) atoms. The highest BCUT2D eigenvalue weighted by atomic mass is 16.5. The van der Waals surface area contributed by atoms with Gasteiger partial charge in [-0.3, -0.25) is 4.79 Å². The van der Waals surface area contributed by atoms with E-state index in [-0.39, 0.29) is 18.1 Å². The molecule has 0 saturated carbocycles. The van der Waals surface area contributed by atoms with Gasteiger partial charge >= 0.3 is 0 Å². The van der Waals surface area contributed by atoms with Gasteiger partial charge in [-0.1, -0.05) is 0 Å². The number of likely N-dealkylation sites (tertiary alicyclic amines) is 1. The Morgan fingerprint density at radius 3 is 2.88 bits per heavy atom. The van der Waals surface area contributed by atoms with E-state index < -0.39 is 0 Å². The fourth-order valence-electron chi connectivity index (χ4n) is 2.14. The molecule has 5 nitrogen and oxygen atoms in total. The van der Waals surface area contributed by atoms with Crippen LogP contribution in [0.3, 0.4) is 0 Å². The number of rotatable bonds is 4. The summed E-state index contributed by atoms with van der Waals surface area (Å²) in [5.41, 5.74) is -0.135. The van der Waals surface area contributed by atoms with E-state index in [1.165, 1.54) is 0 Å². The van der Waals surface area contributed by atoms with Gasteiger partial charge in [0.1, 0.15) is 6.61 Å². The molecule has 2 fully saturated rings. The number of nitrogens with zero attached hydrogens (tertiary/aromatic N) is 1. The zero-order chi connectivity index (χ0) is 11.6. The van der Waals surface area contributed by atoms with Crippen LogP contribution in [0.2, 0.25) is 0 Å². The van der Waals surface area contributed by atoms with Crippen LogP contribution >= 0.6 is 0 Å². The molecule has 1 unspecified atom stereocenters. The van der Waals surface area contributed by atoms with Gasteiger partial charge in [0.05, 0.1) is 5.60 Å². The highest BCUT2D eigenvalue weighted by Crippen LogP contribution is 2.14. The van der Waals surface area contributed by atoms with E-state index in [0.717, 1.165) is 32.6 Å². The van der Waals surface area contributed by atoms with Gasteiger partial charge in [0.25, 0.3) is 0 Å². The number of hydrogen-bond acceptors (Lipinski definition) is 4. The number of hydrogen-bond donors (Lipinski definition) is 2. The molecule has 2 saturated heterocycles. The Bertz CT molecular complexity index is 266. The van der Waals surface area contributed by atoms with E-state index >= 15 is 0 Å². The van der Waals surface area contributed by atoms with Crippen LogP contribution in [0.25, 0.3) is 0 Å². The predicted molar refractivity (Wildman–Crippen MR) is 61.3 cm³/mol. The zero-order valence-electron chi connectivity index (χ0n) is 10.1. The molecule has 0 aliphatic carbocycles. The minimum Gasteiger partial charge on any atom is -0.363 e. The largest absolute Gasteiger partial charge is 0.363 e. The Morgan fingerprint density at radius 1 is 1.62 bits per heavy atom. The first kappa shape index (κ1) is 11.8. The first-order chi connectivity index (χ1) is 7.57. The Morgan fingerprint density at radius 2 is 2.38 bits per heavy atom. The average Bonchev–Trinajstić information content (AvgIpc) is 2.58. The van der Waals surface area contributed by atoms with Crippen LogP contribution in [-0.4, -0.2) is 62.3 Å². The van der Waals surface area contributed by atoms with E-state index in [1.54, 1.807) is 0 Å². The highest BCUT2D eigenvalue weighted by Gasteiger charge is 2.33. The van der Waals surface area contributed by atoms with Crippen molar-refractivity contribution in [3.8, 4) is 0 Å². The van der Waals surface area contributed by atoms with Crippen LogP contribution < -0.4 is 10.6 Å². The van der Waals surface area contributed by atoms with Crippen molar-refractivity contribution in [1.29, 1.82) is 0 Å². The van der Waals surface area contributed by atoms with E-state index in [9.17, 15) is 4.79 Å². The molecule has 0 aromatic heterocycles. The van der Waals surface area contributed by atoms with Crippen LogP contribution in [0.4, 0.5) is 0 Å². The first-order valence-corrected chi connectivity index (χ1v) is 5.90. The van der Waals surface area contributed by atoms with E-state index in [0.29, 0.717) is 6.04 Å². The molecule has 2 rings (SSSR count). The third kappa shape index (κ3) is 2.93. The summed E-state index contributed by atoms with van der Waals surface area (Å²) in [5, 5.41) is 6.15. The fourth-order valence-corrected chi connectivity index (χ4v) is 2.14. The van der Waals surface area contributed by atoms with Gasteiger partial charge in [0.2, 0.25) is 5.91 Å². The van der Waals surface area contributed by atoms with Crippen LogP contribution in [0.1, 0.15) is 13.3 Å². The molecule has 0 spiro atoms. The normalized spacial score (nSPS) is 28.8. The maximum absolute atomic E-state index is 11.6. The van der Waals surface area contributed by atoms with Gasteiger partial charge in [0, 0.05) is 25.7 Å². The van der Waals surface area contributed by atoms with Crippen molar-refractivity contribution in [2.45, 2.75) is 25.0 Å². The van der Waals surface area contributed by atoms with Crippen molar-refractivity contribution in [3.63, 3.8) is 0 Å². The summed E-state index contributed by atoms with van der Waals surface area (Å²) in [6.45, 7) is 5.90. The molecule has 2 aliphatic rings. The number of carbonyl (C=O) groups is 1. The molecule has 5 heteroatoms. The minimum absolute atomic E-state index is 0.00780. The van der Waals surface area contributed by atoms with Gasteiger partial charge in [-0.05, 0) is 26.9 Å². The van der Waals surface area contributed by atoms with Gasteiger partial charge in [-0.2, -0.15) is 0 Å². The van der Waals surface area contributed by atoms with Gasteiger partial charge in [-0.15, -0.1) is 0 Å². The second-order valence-corrected chi connectivity index (χ2v) is 5.16. The van der Waals surface area contributed by atoms with Crippen molar-refractivity contribution < 1.29 is 9.53 Å². The summed E-state index contributed by atoms with van der Waals surface area (Å²) >= 11 is 0. The quantitative estimate of drug-likeness (QED) is 0.659. The average molecular weight is 227 g/mol. The maximum Gasteiger partial charge on any atom is 0.246 e. The lowest BCUT2D eigenvalue weighted by Gasteiger charge is -2.38. The molecule has 92 valence electrons. The molecule has 0 radical (unpaired) electrons. The maximum atomic E-state index is 11.6. The Hall–Kier alpha value is -0.650. The van der Waals surface area contributed by atoms with Gasteiger partial charge in [0.15, 0.2) is 0 Å². The molecule has 0 aromatic carbocycles. The second kappa shape index (κ2) is 4.69. The number of carbonyl (C=O) groups excluding carboxylic acids is 1. The van der Waals surface area contributed by atoms with Crippen LogP contribution in [0, 0.1) is 0 Å². The molecule has 2 aliphatic heterocycles. The Labute approximate surface area is 96.5 Å². The lowest BCUT2D eigenvalue weighted by atomic mass is 10.0.